The van der Waals surface area contributed by atoms with Gasteiger partial charge < -0.3 is 10.2 Å². The predicted octanol–water partition coefficient (Wildman–Crippen LogP) is 2.91. The van der Waals surface area contributed by atoms with E-state index in [4.69, 9.17) is 4.98 Å². The average Bonchev–Trinajstić information content (AvgIpc) is 3.22. The minimum atomic E-state index is 0.672. The van der Waals surface area contributed by atoms with Gasteiger partial charge in [0, 0.05) is 36.6 Å². The van der Waals surface area contributed by atoms with Gasteiger partial charge in [0.05, 0.1) is 0 Å². The van der Waals surface area contributed by atoms with Gasteiger partial charge in [-0.05, 0) is 38.6 Å². The van der Waals surface area contributed by atoms with Crippen LogP contribution in [0.1, 0.15) is 51.3 Å². The monoisotopic (exact) mass is 276 g/mol. The fourth-order valence-electron chi connectivity index (χ4n) is 2.36. The fourth-order valence-corrected chi connectivity index (χ4v) is 2.36. The van der Waals surface area contributed by atoms with Crippen molar-refractivity contribution >= 4 is 5.95 Å². The third-order valence-electron chi connectivity index (χ3n) is 3.65. The summed E-state index contributed by atoms with van der Waals surface area (Å²) in [5.74, 6) is 1.59. The summed E-state index contributed by atoms with van der Waals surface area (Å²) in [5.41, 5.74) is 2.31. The second-order valence-corrected chi connectivity index (χ2v) is 6.23. The van der Waals surface area contributed by atoms with Crippen LogP contribution in [0.2, 0.25) is 0 Å². The minimum Gasteiger partial charge on any atom is -0.338 e. The van der Waals surface area contributed by atoms with Crippen molar-refractivity contribution in [3.8, 4) is 0 Å². The molecule has 0 saturated heterocycles. The number of aryl methyl sites for hydroxylation is 1. The molecule has 1 aliphatic rings. The molecule has 2 rings (SSSR count). The van der Waals surface area contributed by atoms with Gasteiger partial charge in [0.25, 0.3) is 0 Å². The largest absolute Gasteiger partial charge is 0.338 e. The lowest BCUT2D eigenvalue weighted by atomic mass is 10.2. The molecule has 4 heteroatoms. The van der Waals surface area contributed by atoms with E-state index in [0.29, 0.717) is 12.0 Å². The second-order valence-electron chi connectivity index (χ2n) is 6.23. The quantitative estimate of drug-likeness (QED) is 0.792. The number of hydrogen-bond donors (Lipinski definition) is 1. The molecule has 0 spiro atoms. The minimum absolute atomic E-state index is 0.672. The van der Waals surface area contributed by atoms with E-state index in [1.807, 2.05) is 6.20 Å². The molecule has 1 aromatic heterocycles. The Morgan fingerprint density at radius 1 is 1.40 bits per heavy atom. The van der Waals surface area contributed by atoms with Gasteiger partial charge in [-0.15, -0.1) is 0 Å². The van der Waals surface area contributed by atoms with Crippen molar-refractivity contribution in [1.82, 2.24) is 15.3 Å². The topological polar surface area (TPSA) is 41.1 Å². The molecule has 0 aromatic carbocycles. The molecule has 0 amide bonds. The van der Waals surface area contributed by atoms with Crippen LogP contribution in [0, 0.1) is 12.8 Å². The number of nitrogens with one attached hydrogen (secondary N) is 1. The molecule has 0 aliphatic heterocycles. The molecule has 1 aliphatic carbocycles. The highest BCUT2D eigenvalue weighted by atomic mass is 15.3. The Balaban J connectivity index is 2.00. The van der Waals surface area contributed by atoms with Gasteiger partial charge in [0.1, 0.15) is 0 Å². The van der Waals surface area contributed by atoms with E-state index in [1.165, 1.54) is 18.4 Å². The lowest BCUT2D eigenvalue weighted by Crippen LogP contribution is -2.29. The van der Waals surface area contributed by atoms with Crippen molar-refractivity contribution in [2.75, 3.05) is 18.0 Å². The van der Waals surface area contributed by atoms with E-state index in [1.54, 1.807) is 0 Å². The first-order valence-corrected chi connectivity index (χ1v) is 7.91. The molecule has 20 heavy (non-hydrogen) atoms. The maximum Gasteiger partial charge on any atom is 0.225 e. The van der Waals surface area contributed by atoms with Crippen molar-refractivity contribution in [3.63, 3.8) is 0 Å². The van der Waals surface area contributed by atoms with E-state index in [-0.39, 0.29) is 0 Å². The summed E-state index contributed by atoms with van der Waals surface area (Å²) in [7, 11) is 0. The highest BCUT2D eigenvalue weighted by molar-refractivity contribution is 5.36. The maximum atomic E-state index is 4.73. The normalized spacial score (nSPS) is 14.8. The summed E-state index contributed by atoms with van der Waals surface area (Å²) < 4.78 is 0. The zero-order chi connectivity index (χ0) is 14.5. The van der Waals surface area contributed by atoms with E-state index < -0.39 is 0 Å². The summed E-state index contributed by atoms with van der Waals surface area (Å²) in [6, 6.07) is 0.680. The van der Waals surface area contributed by atoms with E-state index in [2.05, 4.69) is 42.9 Å². The van der Waals surface area contributed by atoms with Crippen molar-refractivity contribution in [2.45, 2.75) is 59.5 Å². The van der Waals surface area contributed by atoms with Crippen LogP contribution in [0.25, 0.3) is 0 Å². The molecule has 4 nitrogen and oxygen atoms in total. The highest BCUT2D eigenvalue weighted by Gasteiger charge is 2.30. The molecule has 0 bridgehead atoms. The van der Waals surface area contributed by atoms with Crippen LogP contribution >= 0.6 is 0 Å². The molecular weight excluding hydrogens is 248 g/mol. The second kappa shape index (κ2) is 7.02. The van der Waals surface area contributed by atoms with E-state index in [0.717, 1.165) is 37.7 Å². The smallest absolute Gasteiger partial charge is 0.225 e. The molecule has 0 unspecified atom stereocenters. The van der Waals surface area contributed by atoms with Gasteiger partial charge in [-0.3, -0.25) is 0 Å². The number of aromatic nitrogens is 2. The molecule has 0 radical (unpaired) electrons. The summed E-state index contributed by atoms with van der Waals surface area (Å²) in [4.78, 5) is 11.7. The van der Waals surface area contributed by atoms with Crippen LogP contribution in [-0.2, 0) is 6.54 Å². The summed E-state index contributed by atoms with van der Waals surface area (Å²) in [6.07, 6.45) is 5.73. The first-order valence-electron chi connectivity index (χ1n) is 7.91. The fraction of sp³-hybridized carbons (Fsp3) is 0.750. The van der Waals surface area contributed by atoms with Gasteiger partial charge in [0.2, 0.25) is 5.95 Å². The first-order chi connectivity index (χ1) is 9.61. The predicted molar refractivity (Wildman–Crippen MR) is 84.0 cm³/mol. The van der Waals surface area contributed by atoms with E-state index >= 15 is 0 Å². The Hall–Kier alpha value is -1.16. The number of anilines is 1. The van der Waals surface area contributed by atoms with Gasteiger partial charge in [0.15, 0.2) is 0 Å². The number of rotatable bonds is 8. The third-order valence-corrected chi connectivity index (χ3v) is 3.65. The zero-order valence-electron chi connectivity index (χ0n) is 13.3. The van der Waals surface area contributed by atoms with Crippen LogP contribution < -0.4 is 10.2 Å². The third kappa shape index (κ3) is 4.17. The maximum absolute atomic E-state index is 4.73. The zero-order valence-corrected chi connectivity index (χ0v) is 13.3. The van der Waals surface area contributed by atoms with Crippen molar-refractivity contribution in [2.24, 2.45) is 5.92 Å². The Morgan fingerprint density at radius 3 is 2.70 bits per heavy atom. The first kappa shape index (κ1) is 15.2. The lowest BCUT2D eigenvalue weighted by molar-refractivity contribution is 0.550. The van der Waals surface area contributed by atoms with Gasteiger partial charge >= 0.3 is 0 Å². The van der Waals surface area contributed by atoms with Crippen molar-refractivity contribution < 1.29 is 0 Å². The Morgan fingerprint density at radius 2 is 2.15 bits per heavy atom. The van der Waals surface area contributed by atoms with Gasteiger partial charge in [-0.2, -0.15) is 0 Å². The molecule has 1 heterocycles. The molecule has 1 fully saturated rings. The van der Waals surface area contributed by atoms with Crippen LogP contribution in [0.4, 0.5) is 5.95 Å². The summed E-state index contributed by atoms with van der Waals surface area (Å²) >= 11 is 0. The highest BCUT2D eigenvalue weighted by Crippen LogP contribution is 2.30. The summed E-state index contributed by atoms with van der Waals surface area (Å²) in [5, 5.41) is 3.46. The number of nitrogens with zero attached hydrogens (tertiary/aromatic N) is 3. The Bertz CT molecular complexity index is 426. The Labute approximate surface area is 123 Å². The molecule has 112 valence electrons. The molecule has 1 saturated carbocycles. The molecule has 1 aromatic rings. The van der Waals surface area contributed by atoms with E-state index in [9.17, 15) is 0 Å². The molecule has 1 N–H and O–H groups in total. The Kier molecular flexibility index (Phi) is 5.35. The average molecular weight is 276 g/mol. The van der Waals surface area contributed by atoms with Gasteiger partial charge in [-0.25, -0.2) is 9.97 Å². The van der Waals surface area contributed by atoms with Crippen LogP contribution in [0.3, 0.4) is 0 Å². The standard InChI is InChI=1S/C16H28N4/c1-5-8-20(15-6-7-15)16-18-11-14(13(4)19-16)10-17-9-12(2)3/h11-12,15,17H,5-10H2,1-4H3. The lowest BCUT2D eigenvalue weighted by Gasteiger charge is -2.22. The molecular formula is C16H28N4. The molecule has 0 atom stereocenters. The van der Waals surface area contributed by atoms with Crippen LogP contribution in [0.5, 0.6) is 0 Å². The number of hydrogen-bond acceptors (Lipinski definition) is 4. The van der Waals surface area contributed by atoms with Gasteiger partial charge in [-0.1, -0.05) is 20.8 Å². The van der Waals surface area contributed by atoms with Crippen LogP contribution in [-0.4, -0.2) is 29.1 Å². The SMILES string of the molecule is CCCN(c1ncc(CNCC(C)C)c(C)n1)C1CC1. The van der Waals surface area contributed by atoms with Crippen LogP contribution in [0.15, 0.2) is 6.20 Å². The van der Waals surface area contributed by atoms with Crippen molar-refractivity contribution in [1.29, 1.82) is 0 Å². The van der Waals surface area contributed by atoms with Crippen molar-refractivity contribution in [3.05, 3.63) is 17.5 Å². The summed E-state index contributed by atoms with van der Waals surface area (Å²) in [6.45, 7) is 11.7.